The molecule has 6 heteroatoms. The second-order valence-corrected chi connectivity index (χ2v) is 3.40. The van der Waals surface area contributed by atoms with Gasteiger partial charge in [0.05, 0.1) is 0 Å². The Labute approximate surface area is 89.0 Å². The van der Waals surface area contributed by atoms with Gasteiger partial charge in [-0.3, -0.25) is 19.7 Å². The van der Waals surface area contributed by atoms with Crippen molar-refractivity contribution in [2.24, 2.45) is 0 Å². The van der Waals surface area contributed by atoms with Crippen LogP contribution in [0.25, 0.3) is 0 Å². The Balaban J connectivity index is 3.37. The third kappa shape index (κ3) is 9.25. The Hall–Kier alpha value is -0.660. The zero-order chi connectivity index (χ0) is 10.3. The summed E-state index contributed by atoms with van der Waals surface area (Å²) in [6.07, 6.45) is 1.20. The number of hydrogen-bond acceptors (Lipinski definition) is 3. The minimum absolute atomic E-state index is 0.0610. The van der Waals surface area contributed by atoms with Gasteiger partial charge in [-0.1, -0.05) is 0 Å². The van der Waals surface area contributed by atoms with Crippen molar-refractivity contribution in [1.82, 2.24) is 5.32 Å². The summed E-state index contributed by atoms with van der Waals surface area (Å²) in [5.41, 5.74) is 0. The lowest BCUT2D eigenvalue weighted by atomic mass is 10.2. The van der Waals surface area contributed by atoms with Gasteiger partial charge in [-0.2, -0.15) is 0 Å². The van der Waals surface area contributed by atoms with E-state index < -0.39 is 9.88 Å². The smallest absolute Gasteiger partial charge is 0.303 e. The summed E-state index contributed by atoms with van der Waals surface area (Å²) in [6, 6.07) is 0. The van der Waals surface area contributed by atoms with Gasteiger partial charge in [-0.15, -0.1) is 0 Å². The molecule has 0 saturated carbocycles. The van der Waals surface area contributed by atoms with E-state index in [4.69, 9.17) is 5.11 Å². The predicted molar refractivity (Wildman–Crippen MR) is 53.7 cm³/mol. The molecule has 0 fully saturated rings. The molecule has 13 heavy (non-hydrogen) atoms. The number of carboxylic acid groups (broad SMARTS) is 1. The van der Waals surface area contributed by atoms with Crippen LogP contribution in [0.15, 0.2) is 0 Å². The zero-order valence-electron chi connectivity index (χ0n) is 6.88. The molecule has 0 atom stereocenters. The van der Waals surface area contributed by atoms with E-state index in [9.17, 15) is 14.4 Å². The second kappa shape index (κ2) is 6.81. The second-order valence-electron chi connectivity index (χ2n) is 2.42. The van der Waals surface area contributed by atoms with Gasteiger partial charge < -0.3 is 5.11 Å². The fourth-order valence-corrected chi connectivity index (χ4v) is 1.03. The highest BCUT2D eigenvalue weighted by atomic mass is 127. The van der Waals surface area contributed by atoms with E-state index >= 15 is 0 Å². The maximum atomic E-state index is 10.8. The Morgan fingerprint density at radius 2 is 1.69 bits per heavy atom. The number of carbonyl (C=O) groups is 3. The van der Waals surface area contributed by atoms with Gasteiger partial charge in [-0.05, 0) is 12.8 Å². The molecule has 0 unspecified atom stereocenters. The van der Waals surface area contributed by atoms with E-state index in [1.165, 1.54) is 22.6 Å². The molecule has 0 spiro atoms. The number of aliphatic carboxylic acids is 1. The normalized spacial score (nSPS) is 9.31. The summed E-state index contributed by atoms with van der Waals surface area (Å²) in [5.74, 6) is -1.23. The lowest BCUT2D eigenvalue weighted by Gasteiger charge is -1.98. The molecule has 0 aliphatic rings. The molecule has 0 saturated heterocycles. The monoisotopic (exact) mass is 299 g/mol. The number of halogens is 1. The van der Waals surface area contributed by atoms with E-state index in [1.807, 2.05) is 0 Å². The Morgan fingerprint density at radius 3 is 2.15 bits per heavy atom. The zero-order valence-corrected chi connectivity index (χ0v) is 9.04. The number of carbonyl (C=O) groups excluding carboxylic acids is 2. The van der Waals surface area contributed by atoms with E-state index in [0.29, 0.717) is 12.8 Å². The fourth-order valence-electron chi connectivity index (χ4n) is 0.734. The number of imide groups is 1. The molecule has 74 valence electrons. The van der Waals surface area contributed by atoms with Gasteiger partial charge in [0.1, 0.15) is 0 Å². The highest BCUT2D eigenvalue weighted by Gasteiger charge is 2.04. The molecule has 2 amide bonds. The fraction of sp³-hybridized carbons (Fsp3) is 0.571. The van der Waals surface area contributed by atoms with Gasteiger partial charge in [-0.25, -0.2) is 0 Å². The summed E-state index contributed by atoms with van der Waals surface area (Å²) in [4.78, 5) is 31.2. The summed E-state index contributed by atoms with van der Waals surface area (Å²) in [6.45, 7) is 0. The lowest BCUT2D eigenvalue weighted by molar-refractivity contribution is -0.137. The van der Waals surface area contributed by atoms with Crippen LogP contribution in [-0.2, 0) is 9.59 Å². The Bertz CT molecular complexity index is 217. The molecule has 5 nitrogen and oxygen atoms in total. The maximum absolute atomic E-state index is 10.8. The van der Waals surface area contributed by atoms with Gasteiger partial charge >= 0.3 is 5.97 Å². The van der Waals surface area contributed by atoms with Crippen molar-refractivity contribution < 1.29 is 19.5 Å². The number of hydrogen-bond donors (Lipinski definition) is 2. The molecule has 0 rings (SSSR count). The van der Waals surface area contributed by atoms with Crippen molar-refractivity contribution in [2.75, 3.05) is 0 Å². The predicted octanol–water partition coefficient (Wildman–Crippen LogP) is 1.30. The topological polar surface area (TPSA) is 83.5 Å². The summed E-state index contributed by atoms with van der Waals surface area (Å²) in [5, 5.41) is 10.4. The van der Waals surface area contributed by atoms with Crippen LogP contribution in [0.5, 0.6) is 0 Å². The first-order valence-corrected chi connectivity index (χ1v) is 4.81. The van der Waals surface area contributed by atoms with Crippen LogP contribution < -0.4 is 5.32 Å². The van der Waals surface area contributed by atoms with Crippen LogP contribution >= 0.6 is 22.6 Å². The van der Waals surface area contributed by atoms with Crippen molar-refractivity contribution in [3.05, 3.63) is 0 Å². The molecular formula is C7H10INO4. The third-order valence-corrected chi connectivity index (χ3v) is 1.55. The number of nitrogens with one attached hydrogen (secondary N) is 1. The van der Waals surface area contributed by atoms with Crippen LogP contribution in [0.4, 0.5) is 4.79 Å². The molecule has 2 N–H and O–H groups in total. The van der Waals surface area contributed by atoms with Crippen LogP contribution in [0.2, 0.25) is 0 Å². The summed E-state index contributed by atoms with van der Waals surface area (Å²) >= 11 is 1.46. The highest BCUT2D eigenvalue weighted by Crippen LogP contribution is 1.99. The minimum Gasteiger partial charge on any atom is -0.481 e. The van der Waals surface area contributed by atoms with Crippen molar-refractivity contribution in [2.45, 2.75) is 25.7 Å². The van der Waals surface area contributed by atoms with Gasteiger partial charge in [0.25, 0.3) is 3.91 Å². The standard InChI is InChI=1S/C7H10INO4/c8-7(13)9-5(10)3-1-2-4-6(11)12/h1-4H2,(H,11,12)(H,9,10,13). The molecule has 0 aliphatic heterocycles. The quantitative estimate of drug-likeness (QED) is 0.347. The molecule has 0 heterocycles. The summed E-state index contributed by atoms with van der Waals surface area (Å²) < 4.78 is -0.416. The number of rotatable bonds is 5. The number of carboxylic acids is 1. The number of unbranched alkanes of at least 4 members (excludes halogenated alkanes) is 1. The van der Waals surface area contributed by atoms with Crippen molar-refractivity contribution in [3.8, 4) is 0 Å². The molecule has 0 aromatic carbocycles. The Morgan fingerprint density at radius 1 is 1.15 bits per heavy atom. The van der Waals surface area contributed by atoms with Crippen LogP contribution in [0.3, 0.4) is 0 Å². The van der Waals surface area contributed by atoms with Crippen LogP contribution in [0.1, 0.15) is 25.7 Å². The van der Waals surface area contributed by atoms with Crippen molar-refractivity contribution in [3.63, 3.8) is 0 Å². The average molecular weight is 299 g/mol. The SMILES string of the molecule is O=C(O)CCCCC(=O)NC(=O)I. The van der Waals surface area contributed by atoms with Crippen molar-refractivity contribution in [1.29, 1.82) is 0 Å². The Kier molecular flexibility index (Phi) is 6.47. The first kappa shape index (κ1) is 12.3. The summed E-state index contributed by atoms with van der Waals surface area (Å²) in [7, 11) is 0. The molecule has 0 radical (unpaired) electrons. The van der Waals surface area contributed by atoms with E-state index in [-0.39, 0.29) is 18.7 Å². The van der Waals surface area contributed by atoms with Gasteiger partial charge in [0, 0.05) is 35.4 Å². The van der Waals surface area contributed by atoms with Crippen molar-refractivity contribution >= 4 is 38.4 Å². The molecule has 0 aromatic rings. The first-order valence-electron chi connectivity index (χ1n) is 3.73. The van der Waals surface area contributed by atoms with Crippen LogP contribution in [0, 0.1) is 0 Å². The molecule has 0 aromatic heterocycles. The third-order valence-electron chi connectivity index (χ3n) is 1.28. The molecule has 0 aliphatic carbocycles. The number of amides is 2. The van der Waals surface area contributed by atoms with Crippen LogP contribution in [-0.4, -0.2) is 20.9 Å². The first-order chi connectivity index (χ1) is 6.02. The average Bonchev–Trinajstić information content (AvgIpc) is 1.96. The minimum atomic E-state index is -0.870. The lowest BCUT2D eigenvalue weighted by Crippen LogP contribution is -2.24. The van der Waals surface area contributed by atoms with Gasteiger partial charge in [0.2, 0.25) is 5.91 Å². The largest absolute Gasteiger partial charge is 0.481 e. The van der Waals surface area contributed by atoms with E-state index in [2.05, 4.69) is 5.32 Å². The maximum Gasteiger partial charge on any atom is 0.303 e. The van der Waals surface area contributed by atoms with Gasteiger partial charge in [0.15, 0.2) is 0 Å². The molecule has 0 bridgehead atoms. The molecular weight excluding hydrogens is 289 g/mol. The van der Waals surface area contributed by atoms with E-state index in [0.717, 1.165) is 0 Å². The highest BCUT2D eigenvalue weighted by molar-refractivity contribution is 14.1. The van der Waals surface area contributed by atoms with E-state index in [1.54, 1.807) is 0 Å².